The van der Waals surface area contributed by atoms with Gasteiger partial charge in [-0.3, -0.25) is 5.43 Å². The largest absolute Gasteiger partial charge is 0.255 e. The molecule has 3 rings (SSSR count). The molecule has 4 nitrogen and oxygen atoms in total. The highest BCUT2D eigenvalue weighted by Crippen LogP contribution is 2.25. The first kappa shape index (κ1) is 12.7. The summed E-state index contributed by atoms with van der Waals surface area (Å²) in [5.41, 5.74) is 3.94. The minimum atomic E-state index is 0.676. The van der Waals surface area contributed by atoms with Crippen LogP contribution in [0.1, 0.15) is 4.88 Å². The number of amidine groups is 1. The summed E-state index contributed by atoms with van der Waals surface area (Å²) in [6.07, 6.45) is 1.72. The van der Waals surface area contributed by atoms with Crippen molar-refractivity contribution < 1.29 is 0 Å². The van der Waals surface area contributed by atoms with Gasteiger partial charge in [0.25, 0.3) is 0 Å². The van der Waals surface area contributed by atoms with E-state index in [2.05, 4.69) is 20.5 Å². The van der Waals surface area contributed by atoms with E-state index in [1.807, 2.05) is 30.3 Å². The van der Waals surface area contributed by atoms with E-state index in [4.69, 9.17) is 11.6 Å². The summed E-state index contributed by atoms with van der Waals surface area (Å²) >= 11 is 9.05. The second-order valence-electron chi connectivity index (χ2n) is 3.67. The maximum Gasteiger partial charge on any atom is 0.184 e. The molecule has 1 N–H and O–H groups in total. The van der Waals surface area contributed by atoms with Crippen molar-refractivity contribution in [3.8, 4) is 0 Å². The minimum absolute atomic E-state index is 0.676. The van der Waals surface area contributed by atoms with E-state index in [9.17, 15) is 0 Å². The van der Waals surface area contributed by atoms with Crippen LogP contribution >= 0.6 is 34.7 Å². The SMILES string of the molecule is Clc1ccc(C2=NN/C(=N/c3ccccn3)SC2)s1. The lowest BCUT2D eigenvalue weighted by Crippen LogP contribution is -2.24. The number of rotatable bonds is 2. The third-order valence-corrected chi connectivity index (χ3v) is 4.51. The monoisotopic (exact) mass is 308 g/mol. The van der Waals surface area contributed by atoms with Gasteiger partial charge < -0.3 is 0 Å². The number of hydrogen-bond acceptors (Lipinski definition) is 5. The predicted molar refractivity (Wildman–Crippen MR) is 82.8 cm³/mol. The number of pyridine rings is 1. The smallest absolute Gasteiger partial charge is 0.184 e. The summed E-state index contributed by atoms with van der Waals surface area (Å²) in [5.74, 6) is 1.45. The predicted octanol–water partition coefficient (Wildman–Crippen LogP) is 3.52. The summed E-state index contributed by atoms with van der Waals surface area (Å²) in [4.78, 5) is 9.61. The number of nitrogens with zero attached hydrogens (tertiary/aromatic N) is 3. The van der Waals surface area contributed by atoms with Crippen LogP contribution in [0.3, 0.4) is 0 Å². The Hall–Kier alpha value is -1.37. The Balaban J connectivity index is 1.75. The van der Waals surface area contributed by atoms with Gasteiger partial charge in [-0.05, 0) is 24.3 Å². The molecule has 1 aliphatic heterocycles. The zero-order valence-corrected chi connectivity index (χ0v) is 12.1. The van der Waals surface area contributed by atoms with Crippen molar-refractivity contribution in [3.63, 3.8) is 0 Å². The topological polar surface area (TPSA) is 49.6 Å². The van der Waals surface area contributed by atoms with E-state index in [1.165, 1.54) is 11.3 Å². The molecule has 0 saturated heterocycles. The van der Waals surface area contributed by atoms with Crippen molar-refractivity contribution in [1.29, 1.82) is 0 Å². The van der Waals surface area contributed by atoms with Gasteiger partial charge in [-0.1, -0.05) is 29.4 Å². The van der Waals surface area contributed by atoms with Crippen molar-refractivity contribution in [1.82, 2.24) is 10.4 Å². The maximum atomic E-state index is 5.92. The van der Waals surface area contributed by atoms with E-state index in [-0.39, 0.29) is 0 Å². The molecule has 0 unspecified atom stereocenters. The van der Waals surface area contributed by atoms with E-state index < -0.39 is 0 Å². The molecule has 0 bridgehead atoms. The van der Waals surface area contributed by atoms with Crippen LogP contribution in [0.15, 0.2) is 46.6 Å². The zero-order chi connectivity index (χ0) is 13.1. The zero-order valence-electron chi connectivity index (χ0n) is 9.71. The molecule has 0 amide bonds. The number of halogens is 1. The van der Waals surface area contributed by atoms with Gasteiger partial charge in [-0.25, -0.2) is 9.98 Å². The normalized spacial score (nSPS) is 17.1. The average molecular weight is 309 g/mol. The summed E-state index contributed by atoms with van der Waals surface area (Å²) in [5, 5.41) is 5.08. The number of aromatic nitrogens is 1. The lowest BCUT2D eigenvalue weighted by Gasteiger charge is -2.13. The van der Waals surface area contributed by atoms with Crippen molar-refractivity contribution >= 4 is 51.4 Å². The van der Waals surface area contributed by atoms with Gasteiger partial charge in [0.05, 0.1) is 14.9 Å². The Labute approximate surface area is 123 Å². The Morgan fingerprint density at radius 3 is 2.84 bits per heavy atom. The molecule has 1 aliphatic rings. The Morgan fingerprint density at radius 1 is 1.26 bits per heavy atom. The molecule has 2 aromatic heterocycles. The van der Waals surface area contributed by atoms with E-state index in [0.29, 0.717) is 5.82 Å². The third-order valence-electron chi connectivity index (χ3n) is 2.36. The summed E-state index contributed by atoms with van der Waals surface area (Å²) in [6.45, 7) is 0. The van der Waals surface area contributed by atoms with Crippen LogP contribution in [0.5, 0.6) is 0 Å². The van der Waals surface area contributed by atoms with Crippen molar-refractivity contribution in [2.45, 2.75) is 0 Å². The number of aliphatic imine (C=N–C) groups is 1. The van der Waals surface area contributed by atoms with Gasteiger partial charge in [0.2, 0.25) is 0 Å². The number of thiophene rings is 1. The van der Waals surface area contributed by atoms with Gasteiger partial charge in [0.15, 0.2) is 11.0 Å². The number of hydrogen-bond donors (Lipinski definition) is 1. The van der Waals surface area contributed by atoms with Crippen LogP contribution in [0.25, 0.3) is 0 Å². The average Bonchev–Trinajstić information content (AvgIpc) is 2.87. The quantitative estimate of drug-likeness (QED) is 0.923. The summed E-state index contributed by atoms with van der Waals surface area (Å²) in [6, 6.07) is 9.48. The number of thioether (sulfide) groups is 1. The van der Waals surface area contributed by atoms with Crippen LogP contribution in [-0.4, -0.2) is 21.6 Å². The fourth-order valence-corrected chi connectivity index (χ4v) is 3.38. The van der Waals surface area contributed by atoms with Crippen LogP contribution in [0, 0.1) is 0 Å². The fraction of sp³-hybridized carbons (Fsp3) is 0.0833. The molecule has 19 heavy (non-hydrogen) atoms. The molecular formula is C12H9ClN4S2. The Kier molecular flexibility index (Phi) is 3.82. The first-order valence-corrected chi connectivity index (χ1v) is 7.70. The molecule has 0 radical (unpaired) electrons. The molecule has 0 atom stereocenters. The van der Waals surface area contributed by atoms with Crippen molar-refractivity contribution in [3.05, 3.63) is 45.7 Å². The van der Waals surface area contributed by atoms with Gasteiger partial charge in [-0.15, -0.1) is 11.3 Å². The Bertz CT molecular complexity index is 636. The van der Waals surface area contributed by atoms with Crippen molar-refractivity contribution in [2.24, 2.45) is 10.1 Å². The molecule has 0 fully saturated rings. The lowest BCUT2D eigenvalue weighted by molar-refractivity contribution is 1.03. The van der Waals surface area contributed by atoms with Gasteiger partial charge in [0.1, 0.15) is 0 Å². The number of hydrazone groups is 1. The second kappa shape index (κ2) is 5.73. The van der Waals surface area contributed by atoms with E-state index >= 15 is 0 Å². The molecule has 2 aromatic rings. The highest BCUT2D eigenvalue weighted by Gasteiger charge is 2.14. The molecule has 0 aliphatic carbocycles. The maximum absolute atomic E-state index is 5.92. The second-order valence-corrected chi connectivity index (χ2v) is 6.35. The van der Waals surface area contributed by atoms with E-state index in [1.54, 1.807) is 18.0 Å². The first-order valence-electron chi connectivity index (χ1n) is 5.52. The van der Waals surface area contributed by atoms with Crippen molar-refractivity contribution in [2.75, 3.05) is 5.75 Å². The molecule has 0 aromatic carbocycles. The molecule has 7 heteroatoms. The minimum Gasteiger partial charge on any atom is -0.255 e. The molecule has 0 spiro atoms. The van der Waals surface area contributed by atoms with Crippen LogP contribution in [0.4, 0.5) is 5.82 Å². The molecule has 0 saturated carbocycles. The van der Waals surface area contributed by atoms with Crippen LogP contribution in [0.2, 0.25) is 4.34 Å². The van der Waals surface area contributed by atoms with Gasteiger partial charge in [0, 0.05) is 11.9 Å². The number of nitrogens with one attached hydrogen (secondary N) is 1. The lowest BCUT2D eigenvalue weighted by atomic mass is 10.3. The molecule has 96 valence electrons. The van der Waals surface area contributed by atoms with E-state index in [0.717, 1.165) is 25.8 Å². The van der Waals surface area contributed by atoms with Gasteiger partial charge in [-0.2, -0.15) is 5.10 Å². The third kappa shape index (κ3) is 3.15. The highest BCUT2D eigenvalue weighted by atomic mass is 35.5. The van der Waals surface area contributed by atoms with Crippen LogP contribution in [-0.2, 0) is 0 Å². The standard InChI is InChI=1S/C12H9ClN4S2/c13-10-5-4-9(19-10)8-7-18-12(17-16-8)15-11-3-1-2-6-14-11/h1-6H,7H2,(H,14,15,17). The fourth-order valence-electron chi connectivity index (χ4n) is 1.49. The first-order chi connectivity index (χ1) is 9.31. The van der Waals surface area contributed by atoms with Gasteiger partial charge >= 0.3 is 0 Å². The summed E-state index contributed by atoms with van der Waals surface area (Å²) in [7, 11) is 0. The highest BCUT2D eigenvalue weighted by molar-refractivity contribution is 8.14. The summed E-state index contributed by atoms with van der Waals surface area (Å²) < 4.78 is 0.774. The molecule has 3 heterocycles. The Morgan fingerprint density at radius 2 is 2.21 bits per heavy atom. The molecular weight excluding hydrogens is 300 g/mol. The van der Waals surface area contributed by atoms with Crippen LogP contribution < -0.4 is 5.43 Å².